The molecule has 6 heteroatoms. The van der Waals surface area contributed by atoms with Gasteiger partial charge in [-0.25, -0.2) is 0 Å². The molecule has 1 unspecified atom stereocenters. The van der Waals surface area contributed by atoms with E-state index in [2.05, 4.69) is 15.9 Å². The number of carbonyl (C=O) groups is 1. The lowest BCUT2D eigenvalue weighted by Crippen LogP contribution is -2.47. The molecule has 1 saturated heterocycles. The molecule has 1 amide bonds. The van der Waals surface area contributed by atoms with Crippen LogP contribution in [0.25, 0.3) is 0 Å². The lowest BCUT2D eigenvalue weighted by Gasteiger charge is -2.32. The zero-order chi connectivity index (χ0) is 14.0. The van der Waals surface area contributed by atoms with Gasteiger partial charge in [0, 0.05) is 28.8 Å². The topological polar surface area (TPSA) is 75.8 Å². The minimum atomic E-state index is -0.303. The highest BCUT2D eigenvalue weighted by atomic mass is 79.9. The van der Waals surface area contributed by atoms with Gasteiger partial charge in [0.15, 0.2) is 0 Å². The SMILES string of the molecule is Cc1c(N)cc(Br)cc1C(=O)N1CCOC(CO)C1. The van der Waals surface area contributed by atoms with Crippen LogP contribution in [0, 0.1) is 6.92 Å². The van der Waals surface area contributed by atoms with E-state index in [1.54, 1.807) is 17.0 Å². The molecule has 3 N–H and O–H groups in total. The Morgan fingerprint density at radius 3 is 3.05 bits per heavy atom. The number of aliphatic hydroxyl groups excluding tert-OH is 1. The van der Waals surface area contributed by atoms with E-state index < -0.39 is 0 Å². The smallest absolute Gasteiger partial charge is 0.254 e. The highest BCUT2D eigenvalue weighted by molar-refractivity contribution is 9.10. The fraction of sp³-hybridized carbons (Fsp3) is 0.462. The summed E-state index contributed by atoms with van der Waals surface area (Å²) in [5, 5.41) is 9.11. The van der Waals surface area contributed by atoms with Crippen molar-refractivity contribution in [2.75, 3.05) is 32.0 Å². The van der Waals surface area contributed by atoms with Gasteiger partial charge in [-0.2, -0.15) is 0 Å². The maximum absolute atomic E-state index is 12.5. The fourth-order valence-corrected chi connectivity index (χ4v) is 2.58. The number of ether oxygens (including phenoxy) is 1. The molecular formula is C13H17BrN2O3. The number of nitrogens with zero attached hydrogens (tertiary/aromatic N) is 1. The van der Waals surface area contributed by atoms with Crippen molar-refractivity contribution < 1.29 is 14.6 Å². The maximum atomic E-state index is 12.5. The molecule has 1 aromatic rings. The summed E-state index contributed by atoms with van der Waals surface area (Å²) in [6, 6.07) is 3.55. The standard InChI is InChI=1S/C13H17BrN2O3/c1-8-11(4-9(14)5-12(8)15)13(18)16-2-3-19-10(6-16)7-17/h4-5,10,17H,2-3,6-7,15H2,1H3. The van der Waals surface area contributed by atoms with Gasteiger partial charge in [-0.15, -0.1) is 0 Å². The Bertz CT molecular complexity index is 493. The Kier molecular flexibility index (Phi) is 4.44. The van der Waals surface area contributed by atoms with E-state index in [4.69, 9.17) is 15.6 Å². The fourth-order valence-electron chi connectivity index (χ4n) is 2.11. The average molecular weight is 329 g/mol. The molecule has 1 aromatic carbocycles. The molecule has 1 atom stereocenters. The number of amides is 1. The molecule has 19 heavy (non-hydrogen) atoms. The zero-order valence-corrected chi connectivity index (χ0v) is 12.3. The normalized spacial score (nSPS) is 19.5. The zero-order valence-electron chi connectivity index (χ0n) is 10.7. The predicted molar refractivity (Wildman–Crippen MR) is 76.0 cm³/mol. The first kappa shape index (κ1) is 14.3. The molecule has 0 spiro atoms. The molecule has 2 rings (SSSR count). The van der Waals surface area contributed by atoms with Crippen LogP contribution in [0.4, 0.5) is 5.69 Å². The number of morpholine rings is 1. The third kappa shape index (κ3) is 3.08. The van der Waals surface area contributed by atoms with Crippen LogP contribution < -0.4 is 5.73 Å². The van der Waals surface area contributed by atoms with Gasteiger partial charge in [-0.1, -0.05) is 15.9 Å². The Morgan fingerprint density at radius 1 is 1.63 bits per heavy atom. The summed E-state index contributed by atoms with van der Waals surface area (Å²) in [5.41, 5.74) is 7.83. The lowest BCUT2D eigenvalue weighted by molar-refractivity contribution is -0.0447. The number of rotatable bonds is 2. The second kappa shape index (κ2) is 5.90. The number of nitrogens with two attached hydrogens (primary N) is 1. The maximum Gasteiger partial charge on any atom is 0.254 e. The largest absolute Gasteiger partial charge is 0.398 e. The number of hydrogen-bond donors (Lipinski definition) is 2. The van der Waals surface area contributed by atoms with Crippen LogP contribution in [0.2, 0.25) is 0 Å². The number of halogens is 1. The highest BCUT2D eigenvalue weighted by Gasteiger charge is 2.26. The van der Waals surface area contributed by atoms with Crippen molar-refractivity contribution in [1.29, 1.82) is 0 Å². The van der Waals surface area contributed by atoms with Crippen LogP contribution in [-0.2, 0) is 4.74 Å². The van der Waals surface area contributed by atoms with Crippen molar-refractivity contribution in [2.24, 2.45) is 0 Å². The van der Waals surface area contributed by atoms with E-state index in [-0.39, 0.29) is 18.6 Å². The molecule has 0 bridgehead atoms. The van der Waals surface area contributed by atoms with Crippen LogP contribution in [-0.4, -0.2) is 48.3 Å². The first-order chi connectivity index (χ1) is 9.02. The summed E-state index contributed by atoms with van der Waals surface area (Å²) in [5.74, 6) is -0.0766. The van der Waals surface area contributed by atoms with Gasteiger partial charge in [0.05, 0.1) is 19.3 Å². The Labute approximate surface area is 120 Å². The van der Waals surface area contributed by atoms with Crippen molar-refractivity contribution in [3.05, 3.63) is 27.7 Å². The minimum absolute atomic E-state index is 0.0766. The van der Waals surface area contributed by atoms with E-state index in [1.165, 1.54) is 0 Å². The molecular weight excluding hydrogens is 312 g/mol. The summed E-state index contributed by atoms with van der Waals surface area (Å²) in [6.45, 7) is 3.13. The molecule has 1 aliphatic rings. The average Bonchev–Trinajstić information content (AvgIpc) is 2.42. The van der Waals surface area contributed by atoms with Gasteiger partial charge in [-0.3, -0.25) is 4.79 Å². The molecule has 104 valence electrons. The molecule has 1 aliphatic heterocycles. The molecule has 1 heterocycles. The van der Waals surface area contributed by atoms with Gasteiger partial charge < -0.3 is 20.5 Å². The lowest BCUT2D eigenvalue weighted by atomic mass is 10.1. The van der Waals surface area contributed by atoms with E-state index in [9.17, 15) is 4.79 Å². The molecule has 0 aromatic heterocycles. The van der Waals surface area contributed by atoms with Crippen molar-refractivity contribution in [3.63, 3.8) is 0 Å². The van der Waals surface area contributed by atoms with Crippen LogP contribution in [0.5, 0.6) is 0 Å². The summed E-state index contributed by atoms with van der Waals surface area (Å²) >= 11 is 3.35. The minimum Gasteiger partial charge on any atom is -0.398 e. The van der Waals surface area contributed by atoms with Crippen LogP contribution >= 0.6 is 15.9 Å². The number of hydrogen-bond acceptors (Lipinski definition) is 4. The van der Waals surface area contributed by atoms with Crippen molar-refractivity contribution in [2.45, 2.75) is 13.0 Å². The van der Waals surface area contributed by atoms with Gasteiger partial charge in [0.1, 0.15) is 0 Å². The van der Waals surface area contributed by atoms with Crippen LogP contribution in [0.1, 0.15) is 15.9 Å². The predicted octanol–water partition coefficient (Wildman–Crippen LogP) is 1.17. The Morgan fingerprint density at radius 2 is 2.37 bits per heavy atom. The van der Waals surface area contributed by atoms with Crippen molar-refractivity contribution in [1.82, 2.24) is 4.90 Å². The Hall–Kier alpha value is -1.11. The van der Waals surface area contributed by atoms with E-state index in [0.717, 1.165) is 10.0 Å². The number of benzene rings is 1. The first-order valence-corrected chi connectivity index (χ1v) is 6.89. The highest BCUT2D eigenvalue weighted by Crippen LogP contribution is 2.24. The van der Waals surface area contributed by atoms with E-state index >= 15 is 0 Å². The molecule has 0 aliphatic carbocycles. The van der Waals surface area contributed by atoms with Crippen LogP contribution in [0.3, 0.4) is 0 Å². The third-order valence-electron chi connectivity index (χ3n) is 3.27. The first-order valence-electron chi connectivity index (χ1n) is 6.10. The quantitative estimate of drug-likeness (QED) is 0.799. The monoisotopic (exact) mass is 328 g/mol. The number of nitrogen functional groups attached to an aromatic ring is 1. The molecule has 0 radical (unpaired) electrons. The summed E-state index contributed by atoms with van der Waals surface area (Å²) < 4.78 is 6.13. The number of anilines is 1. The molecule has 0 saturated carbocycles. The van der Waals surface area contributed by atoms with Gasteiger partial charge in [0.25, 0.3) is 5.91 Å². The summed E-state index contributed by atoms with van der Waals surface area (Å²) in [6.07, 6.45) is -0.303. The summed E-state index contributed by atoms with van der Waals surface area (Å²) in [7, 11) is 0. The number of aliphatic hydroxyl groups is 1. The van der Waals surface area contributed by atoms with Crippen molar-refractivity contribution >= 4 is 27.5 Å². The third-order valence-corrected chi connectivity index (χ3v) is 3.73. The molecule has 5 nitrogen and oxygen atoms in total. The van der Waals surface area contributed by atoms with Gasteiger partial charge in [0.2, 0.25) is 0 Å². The summed E-state index contributed by atoms with van der Waals surface area (Å²) in [4.78, 5) is 14.2. The second-order valence-corrected chi connectivity index (χ2v) is 5.51. The van der Waals surface area contributed by atoms with Gasteiger partial charge >= 0.3 is 0 Å². The number of carbonyl (C=O) groups excluding carboxylic acids is 1. The second-order valence-electron chi connectivity index (χ2n) is 4.59. The molecule has 1 fully saturated rings. The van der Waals surface area contributed by atoms with E-state index in [0.29, 0.717) is 30.9 Å². The Balaban J connectivity index is 2.24. The van der Waals surface area contributed by atoms with Crippen LogP contribution in [0.15, 0.2) is 16.6 Å². The van der Waals surface area contributed by atoms with Crippen molar-refractivity contribution in [3.8, 4) is 0 Å². The van der Waals surface area contributed by atoms with E-state index in [1.807, 2.05) is 6.92 Å². The van der Waals surface area contributed by atoms with Gasteiger partial charge in [-0.05, 0) is 24.6 Å².